The van der Waals surface area contributed by atoms with E-state index in [4.69, 9.17) is 4.74 Å². The van der Waals surface area contributed by atoms with Gasteiger partial charge in [-0.1, -0.05) is 13.0 Å². The Hall–Kier alpha value is -1.68. The number of carbonyl (C=O) groups is 1. The van der Waals surface area contributed by atoms with Gasteiger partial charge >= 0.3 is 0 Å². The number of thiazole rings is 1. The van der Waals surface area contributed by atoms with Gasteiger partial charge in [-0.15, -0.1) is 11.3 Å². The quantitative estimate of drug-likeness (QED) is 0.753. The first-order chi connectivity index (χ1) is 9.99. The monoisotopic (exact) mass is 303 g/mol. The van der Waals surface area contributed by atoms with Crippen molar-refractivity contribution in [2.45, 2.75) is 40.5 Å². The van der Waals surface area contributed by atoms with Gasteiger partial charge in [0.05, 0.1) is 22.2 Å². The van der Waals surface area contributed by atoms with Gasteiger partial charge in [0.25, 0.3) is 0 Å². The van der Waals surface area contributed by atoms with Gasteiger partial charge < -0.3 is 4.74 Å². The molecule has 3 nitrogen and oxygen atoms in total. The van der Waals surface area contributed by atoms with E-state index in [0.717, 1.165) is 34.2 Å². The summed E-state index contributed by atoms with van der Waals surface area (Å²) in [6.07, 6.45) is 1.53. The molecule has 0 saturated carbocycles. The molecule has 0 radical (unpaired) electrons. The van der Waals surface area contributed by atoms with E-state index < -0.39 is 0 Å². The second kappa shape index (κ2) is 6.85. The molecular weight excluding hydrogens is 282 g/mol. The van der Waals surface area contributed by atoms with Crippen LogP contribution in [0.2, 0.25) is 0 Å². The van der Waals surface area contributed by atoms with Crippen molar-refractivity contribution >= 4 is 17.1 Å². The topological polar surface area (TPSA) is 39.2 Å². The van der Waals surface area contributed by atoms with E-state index >= 15 is 0 Å². The summed E-state index contributed by atoms with van der Waals surface area (Å²) in [5.74, 6) is 0.998. The van der Waals surface area contributed by atoms with Crippen molar-refractivity contribution in [3.05, 3.63) is 44.9 Å². The van der Waals surface area contributed by atoms with E-state index in [9.17, 15) is 4.79 Å². The molecule has 0 amide bonds. The molecule has 0 spiro atoms. The highest BCUT2D eigenvalue weighted by atomic mass is 32.1. The molecule has 0 saturated heterocycles. The lowest BCUT2D eigenvalue weighted by atomic mass is 10.1. The number of ether oxygens (including phenoxy) is 1. The zero-order valence-corrected chi connectivity index (χ0v) is 13.8. The molecule has 0 bridgehead atoms. The molecule has 21 heavy (non-hydrogen) atoms. The van der Waals surface area contributed by atoms with Crippen molar-refractivity contribution < 1.29 is 9.53 Å². The Morgan fingerprint density at radius 1 is 1.24 bits per heavy atom. The third-order valence-corrected chi connectivity index (χ3v) is 4.43. The molecule has 0 atom stereocenters. The average molecular weight is 303 g/mol. The maximum absolute atomic E-state index is 11.5. The summed E-state index contributed by atoms with van der Waals surface area (Å²) in [6.45, 7) is 8.33. The number of Topliss-reactive ketones (excluding diaryl/α,β-unsaturated/α-hetero) is 1. The van der Waals surface area contributed by atoms with Gasteiger partial charge in [-0.2, -0.15) is 0 Å². The zero-order chi connectivity index (χ0) is 15.4. The Balaban J connectivity index is 1.98. The number of hydrogen-bond donors (Lipinski definition) is 0. The Bertz CT molecular complexity index is 626. The summed E-state index contributed by atoms with van der Waals surface area (Å²) in [6, 6.07) is 6.20. The number of ketones is 1. The number of aromatic nitrogens is 1. The lowest BCUT2D eigenvalue weighted by Gasteiger charge is -2.07. The Morgan fingerprint density at radius 2 is 1.90 bits per heavy atom. The standard InChI is InChI=1S/C17H21NO2S/c1-5-15-17(13(4)19)21-16(18-15)6-7-20-14-9-11(2)8-12(3)10-14/h8-10H,5-7H2,1-4H3. The fourth-order valence-electron chi connectivity index (χ4n) is 2.29. The van der Waals surface area contributed by atoms with E-state index in [1.54, 1.807) is 6.92 Å². The molecule has 2 aromatic rings. The minimum atomic E-state index is 0.103. The molecule has 0 fully saturated rings. The average Bonchev–Trinajstić information content (AvgIpc) is 2.81. The van der Waals surface area contributed by atoms with Crippen LogP contribution in [0.25, 0.3) is 0 Å². The maximum Gasteiger partial charge on any atom is 0.171 e. The minimum Gasteiger partial charge on any atom is -0.493 e. The fourth-order valence-corrected chi connectivity index (χ4v) is 3.32. The molecule has 0 aliphatic carbocycles. The van der Waals surface area contributed by atoms with Crippen LogP contribution in [0.4, 0.5) is 0 Å². The van der Waals surface area contributed by atoms with Crippen LogP contribution in [0.5, 0.6) is 5.75 Å². The highest BCUT2D eigenvalue weighted by molar-refractivity contribution is 7.13. The predicted octanol–water partition coefficient (Wildman–Crippen LogP) is 4.15. The molecule has 0 unspecified atom stereocenters. The smallest absolute Gasteiger partial charge is 0.171 e. The van der Waals surface area contributed by atoms with Gasteiger partial charge in [-0.25, -0.2) is 4.98 Å². The summed E-state index contributed by atoms with van der Waals surface area (Å²) < 4.78 is 5.80. The third kappa shape index (κ3) is 4.14. The largest absolute Gasteiger partial charge is 0.493 e. The van der Waals surface area contributed by atoms with Crippen LogP contribution in [0, 0.1) is 13.8 Å². The van der Waals surface area contributed by atoms with Crippen molar-refractivity contribution in [2.75, 3.05) is 6.61 Å². The van der Waals surface area contributed by atoms with E-state index in [-0.39, 0.29) is 5.78 Å². The lowest BCUT2D eigenvalue weighted by molar-refractivity contribution is 0.102. The first-order valence-electron chi connectivity index (χ1n) is 7.20. The number of carbonyl (C=O) groups excluding carboxylic acids is 1. The Morgan fingerprint density at radius 3 is 2.43 bits per heavy atom. The normalized spacial score (nSPS) is 10.7. The van der Waals surface area contributed by atoms with Gasteiger partial charge in [0, 0.05) is 13.3 Å². The molecular formula is C17H21NO2S. The second-order valence-electron chi connectivity index (χ2n) is 5.22. The van der Waals surface area contributed by atoms with Gasteiger partial charge in [0.15, 0.2) is 5.78 Å². The summed E-state index contributed by atoms with van der Waals surface area (Å²) >= 11 is 1.49. The summed E-state index contributed by atoms with van der Waals surface area (Å²) in [5, 5.41) is 0.974. The van der Waals surface area contributed by atoms with Crippen LogP contribution in [0.15, 0.2) is 18.2 Å². The summed E-state index contributed by atoms with van der Waals surface area (Å²) in [7, 11) is 0. The van der Waals surface area contributed by atoms with Crippen LogP contribution < -0.4 is 4.74 Å². The highest BCUT2D eigenvalue weighted by Crippen LogP contribution is 2.21. The maximum atomic E-state index is 11.5. The molecule has 0 aliphatic rings. The van der Waals surface area contributed by atoms with Crippen LogP contribution in [0.3, 0.4) is 0 Å². The van der Waals surface area contributed by atoms with Gasteiger partial charge in [0.2, 0.25) is 0 Å². The summed E-state index contributed by atoms with van der Waals surface area (Å²) in [4.78, 5) is 16.9. The number of hydrogen-bond acceptors (Lipinski definition) is 4. The second-order valence-corrected chi connectivity index (χ2v) is 6.30. The van der Waals surface area contributed by atoms with Crippen molar-refractivity contribution in [1.82, 2.24) is 4.98 Å². The molecule has 4 heteroatoms. The predicted molar refractivity (Wildman–Crippen MR) is 86.6 cm³/mol. The lowest BCUT2D eigenvalue weighted by Crippen LogP contribution is -2.01. The van der Waals surface area contributed by atoms with Crippen LogP contribution >= 0.6 is 11.3 Å². The fraction of sp³-hybridized carbons (Fsp3) is 0.412. The van der Waals surface area contributed by atoms with Crippen molar-refractivity contribution in [1.29, 1.82) is 0 Å². The minimum absolute atomic E-state index is 0.103. The molecule has 0 aliphatic heterocycles. The van der Waals surface area contributed by atoms with E-state index in [1.807, 2.05) is 19.1 Å². The molecule has 1 heterocycles. The number of rotatable bonds is 6. The van der Waals surface area contributed by atoms with E-state index in [0.29, 0.717) is 6.61 Å². The van der Waals surface area contributed by atoms with Gasteiger partial charge in [-0.3, -0.25) is 4.79 Å². The number of aryl methyl sites for hydroxylation is 3. The molecule has 1 aromatic heterocycles. The SMILES string of the molecule is CCc1nc(CCOc2cc(C)cc(C)c2)sc1C(C)=O. The first-order valence-corrected chi connectivity index (χ1v) is 8.02. The van der Waals surface area contributed by atoms with Crippen LogP contribution in [-0.2, 0) is 12.8 Å². The molecule has 0 N–H and O–H groups in total. The summed E-state index contributed by atoms with van der Waals surface area (Å²) in [5.41, 5.74) is 3.31. The van der Waals surface area contributed by atoms with E-state index in [2.05, 4.69) is 24.9 Å². The van der Waals surface area contributed by atoms with Crippen molar-refractivity contribution in [3.63, 3.8) is 0 Å². The zero-order valence-electron chi connectivity index (χ0n) is 13.0. The van der Waals surface area contributed by atoms with E-state index in [1.165, 1.54) is 22.5 Å². The van der Waals surface area contributed by atoms with Crippen LogP contribution in [0.1, 0.15) is 45.3 Å². The van der Waals surface area contributed by atoms with Gasteiger partial charge in [0.1, 0.15) is 5.75 Å². The number of benzene rings is 1. The van der Waals surface area contributed by atoms with Crippen LogP contribution in [-0.4, -0.2) is 17.4 Å². The van der Waals surface area contributed by atoms with Crippen molar-refractivity contribution in [2.24, 2.45) is 0 Å². The third-order valence-electron chi connectivity index (χ3n) is 3.18. The van der Waals surface area contributed by atoms with Gasteiger partial charge in [-0.05, 0) is 43.5 Å². The Kier molecular flexibility index (Phi) is 5.12. The van der Waals surface area contributed by atoms with Crippen molar-refractivity contribution in [3.8, 4) is 5.75 Å². The Labute approximate surface area is 130 Å². The first kappa shape index (κ1) is 15.7. The number of nitrogens with zero attached hydrogens (tertiary/aromatic N) is 1. The molecule has 112 valence electrons. The molecule has 1 aromatic carbocycles. The highest BCUT2D eigenvalue weighted by Gasteiger charge is 2.13. The molecule has 2 rings (SSSR count).